The van der Waals surface area contributed by atoms with Gasteiger partial charge in [0.15, 0.2) is 11.6 Å². The van der Waals surface area contributed by atoms with Crippen molar-refractivity contribution in [2.75, 3.05) is 5.32 Å². The fourth-order valence-corrected chi connectivity index (χ4v) is 2.71. The number of halogens is 2. The van der Waals surface area contributed by atoms with Crippen LogP contribution in [0.25, 0.3) is 0 Å². The number of rotatable bonds is 4. The average Bonchev–Trinajstić information content (AvgIpc) is 2.76. The van der Waals surface area contributed by atoms with Crippen LogP contribution in [0, 0.1) is 18.6 Å². The zero-order valence-corrected chi connectivity index (χ0v) is 11.8. The minimum atomic E-state index is -1.16. The summed E-state index contributed by atoms with van der Waals surface area (Å²) in [6.45, 7) is 1.71. The van der Waals surface area contributed by atoms with E-state index >= 15 is 0 Å². The molecule has 0 saturated heterocycles. The molecule has 110 valence electrons. The van der Waals surface area contributed by atoms with Crippen LogP contribution in [-0.4, -0.2) is 17.0 Å². The molecule has 7 heteroatoms. The second-order valence-corrected chi connectivity index (χ2v) is 5.60. The number of hydrogen-bond acceptors (Lipinski definition) is 3. The van der Waals surface area contributed by atoms with Gasteiger partial charge in [-0.05, 0) is 19.1 Å². The average molecular weight is 311 g/mol. The summed E-state index contributed by atoms with van der Waals surface area (Å²) in [6, 6.07) is 5.00. The Bertz CT molecular complexity index is 712. The lowest BCUT2D eigenvalue weighted by Gasteiger charge is -2.05. The van der Waals surface area contributed by atoms with Crippen LogP contribution in [0.1, 0.15) is 20.8 Å². The highest BCUT2D eigenvalue weighted by atomic mass is 32.1. The summed E-state index contributed by atoms with van der Waals surface area (Å²) < 4.78 is 26.5. The molecule has 1 heterocycles. The van der Waals surface area contributed by atoms with Crippen LogP contribution in [0.15, 0.2) is 24.3 Å². The number of hydrogen-bond donors (Lipinski definition) is 2. The van der Waals surface area contributed by atoms with Crippen LogP contribution in [-0.2, 0) is 11.2 Å². The number of carboxylic acids is 1. The molecule has 1 amide bonds. The van der Waals surface area contributed by atoms with E-state index in [-0.39, 0.29) is 22.5 Å². The summed E-state index contributed by atoms with van der Waals surface area (Å²) in [4.78, 5) is 23.6. The number of carboxylic acid groups (broad SMARTS) is 1. The molecule has 1 aromatic heterocycles. The van der Waals surface area contributed by atoms with E-state index in [1.54, 1.807) is 6.92 Å². The van der Waals surface area contributed by atoms with Crippen molar-refractivity contribution in [3.8, 4) is 0 Å². The summed E-state index contributed by atoms with van der Waals surface area (Å²) in [7, 11) is 0. The van der Waals surface area contributed by atoms with Crippen molar-refractivity contribution < 1.29 is 23.5 Å². The molecule has 0 spiro atoms. The lowest BCUT2D eigenvalue weighted by Crippen LogP contribution is -2.16. The van der Waals surface area contributed by atoms with Crippen LogP contribution in [0.5, 0.6) is 0 Å². The predicted octanol–water partition coefficient (Wildman–Crippen LogP) is 3.21. The van der Waals surface area contributed by atoms with Gasteiger partial charge in [0.05, 0.1) is 12.0 Å². The van der Waals surface area contributed by atoms with Gasteiger partial charge in [-0.25, -0.2) is 13.6 Å². The lowest BCUT2D eigenvalue weighted by molar-refractivity contribution is -0.115. The molecule has 2 rings (SSSR count). The molecule has 2 aromatic rings. The van der Waals surface area contributed by atoms with Crippen molar-refractivity contribution in [3.63, 3.8) is 0 Å². The first-order chi connectivity index (χ1) is 9.88. The molecule has 0 bridgehead atoms. The minimum absolute atomic E-state index is 0.0226. The highest BCUT2D eigenvalue weighted by molar-refractivity contribution is 7.16. The zero-order chi connectivity index (χ0) is 15.6. The van der Waals surface area contributed by atoms with Gasteiger partial charge in [-0.2, -0.15) is 0 Å². The summed E-state index contributed by atoms with van der Waals surface area (Å²) in [6.07, 6.45) is -0.375. The van der Waals surface area contributed by atoms with E-state index < -0.39 is 23.5 Å². The number of carbonyl (C=O) groups excluding carboxylic acids is 1. The van der Waals surface area contributed by atoms with Crippen LogP contribution in [0.2, 0.25) is 0 Å². The highest BCUT2D eigenvalue weighted by Crippen LogP contribution is 2.27. The largest absolute Gasteiger partial charge is 0.478 e. The molecule has 4 nitrogen and oxygen atoms in total. The fourth-order valence-electron chi connectivity index (χ4n) is 1.79. The van der Waals surface area contributed by atoms with E-state index in [1.165, 1.54) is 18.2 Å². The molecule has 2 N–H and O–H groups in total. The zero-order valence-electron chi connectivity index (χ0n) is 10.9. The van der Waals surface area contributed by atoms with E-state index in [2.05, 4.69) is 5.32 Å². The summed E-state index contributed by atoms with van der Waals surface area (Å²) in [5.74, 6) is -3.87. The quantitative estimate of drug-likeness (QED) is 0.911. The summed E-state index contributed by atoms with van der Waals surface area (Å²) in [5, 5.41) is 11.6. The van der Waals surface area contributed by atoms with Gasteiger partial charge in [-0.15, -0.1) is 11.3 Å². The van der Waals surface area contributed by atoms with Gasteiger partial charge in [0, 0.05) is 10.4 Å². The smallest absolute Gasteiger partial charge is 0.338 e. The number of anilines is 1. The monoisotopic (exact) mass is 311 g/mol. The molecular weight excluding hydrogens is 300 g/mol. The van der Waals surface area contributed by atoms with Gasteiger partial charge in [-0.3, -0.25) is 4.79 Å². The molecule has 0 atom stereocenters. The Hall–Kier alpha value is -2.28. The Morgan fingerprint density at radius 2 is 2.05 bits per heavy atom. The third-order valence-electron chi connectivity index (χ3n) is 2.72. The number of benzene rings is 1. The maximum atomic E-state index is 13.5. The van der Waals surface area contributed by atoms with Gasteiger partial charge in [0.2, 0.25) is 5.91 Å². The second-order valence-electron chi connectivity index (χ2n) is 4.34. The molecule has 0 aliphatic heterocycles. The number of thiophene rings is 1. The Morgan fingerprint density at radius 1 is 1.33 bits per heavy atom. The third kappa shape index (κ3) is 3.43. The topological polar surface area (TPSA) is 66.4 Å². The number of aromatic carboxylic acids is 1. The van der Waals surface area contributed by atoms with Gasteiger partial charge >= 0.3 is 5.97 Å². The van der Waals surface area contributed by atoms with Crippen LogP contribution in [0.4, 0.5) is 13.8 Å². The van der Waals surface area contributed by atoms with Crippen molar-refractivity contribution in [2.45, 2.75) is 13.3 Å². The van der Waals surface area contributed by atoms with E-state index in [0.29, 0.717) is 0 Å². The maximum Gasteiger partial charge on any atom is 0.338 e. The lowest BCUT2D eigenvalue weighted by atomic mass is 10.1. The van der Waals surface area contributed by atoms with Crippen molar-refractivity contribution in [3.05, 3.63) is 51.9 Å². The standard InChI is InChI=1S/C14H11F2NO3S/c1-7-5-9(14(19)20)13(21-7)17-11(18)6-8-3-2-4-10(15)12(8)16/h2-5H,6H2,1H3,(H,17,18)(H,19,20). The predicted molar refractivity (Wildman–Crippen MR) is 74.7 cm³/mol. The molecule has 0 fully saturated rings. The molecule has 0 aliphatic rings. The van der Waals surface area contributed by atoms with Crippen LogP contribution < -0.4 is 5.32 Å². The highest BCUT2D eigenvalue weighted by Gasteiger charge is 2.17. The number of nitrogens with one attached hydrogen (secondary N) is 1. The minimum Gasteiger partial charge on any atom is -0.478 e. The first-order valence-corrected chi connectivity index (χ1v) is 6.76. The molecule has 0 radical (unpaired) electrons. The fraction of sp³-hybridized carbons (Fsp3) is 0.143. The van der Waals surface area contributed by atoms with Crippen molar-refractivity contribution in [2.24, 2.45) is 0 Å². The normalized spacial score (nSPS) is 10.4. The second kappa shape index (κ2) is 6.01. The molecule has 21 heavy (non-hydrogen) atoms. The molecular formula is C14H11F2NO3S. The molecule has 0 saturated carbocycles. The Labute approximate surface area is 123 Å². The van der Waals surface area contributed by atoms with E-state index in [4.69, 9.17) is 5.11 Å². The van der Waals surface area contributed by atoms with Crippen molar-refractivity contribution >= 4 is 28.2 Å². The Balaban J connectivity index is 2.16. The van der Waals surface area contributed by atoms with Gasteiger partial charge in [0.25, 0.3) is 0 Å². The summed E-state index contributed by atoms with van der Waals surface area (Å²) >= 11 is 1.11. The van der Waals surface area contributed by atoms with E-state index in [9.17, 15) is 18.4 Å². The van der Waals surface area contributed by atoms with Gasteiger partial charge in [-0.1, -0.05) is 12.1 Å². The third-order valence-corrected chi connectivity index (χ3v) is 3.69. The van der Waals surface area contributed by atoms with Crippen molar-refractivity contribution in [1.82, 2.24) is 0 Å². The number of amides is 1. The Kier molecular flexibility index (Phi) is 4.32. The van der Waals surface area contributed by atoms with E-state index in [0.717, 1.165) is 22.3 Å². The first-order valence-electron chi connectivity index (χ1n) is 5.95. The SMILES string of the molecule is Cc1cc(C(=O)O)c(NC(=O)Cc2cccc(F)c2F)s1. The van der Waals surface area contributed by atoms with Crippen LogP contribution >= 0.6 is 11.3 Å². The number of carbonyl (C=O) groups is 2. The summed E-state index contributed by atoms with van der Waals surface area (Å²) in [5.41, 5.74) is -0.108. The Morgan fingerprint density at radius 3 is 2.71 bits per heavy atom. The van der Waals surface area contributed by atoms with E-state index in [1.807, 2.05) is 0 Å². The van der Waals surface area contributed by atoms with Gasteiger partial charge in [0.1, 0.15) is 5.00 Å². The molecule has 1 aromatic carbocycles. The molecule has 0 unspecified atom stereocenters. The van der Waals surface area contributed by atoms with Crippen molar-refractivity contribution in [1.29, 1.82) is 0 Å². The van der Waals surface area contributed by atoms with Gasteiger partial charge < -0.3 is 10.4 Å². The first kappa shape index (κ1) is 15.1. The molecule has 0 aliphatic carbocycles. The maximum absolute atomic E-state index is 13.5. The van der Waals surface area contributed by atoms with Crippen LogP contribution in [0.3, 0.4) is 0 Å². The number of aryl methyl sites for hydroxylation is 1.